The first-order chi connectivity index (χ1) is 15.3. The maximum Gasteiger partial charge on any atom is 0.228 e. The largest absolute Gasteiger partial charge is 0.342 e. The fourth-order valence-electron chi connectivity index (χ4n) is 4.29. The maximum absolute atomic E-state index is 13.0. The van der Waals surface area contributed by atoms with Gasteiger partial charge in [0.1, 0.15) is 0 Å². The molecule has 0 saturated carbocycles. The van der Waals surface area contributed by atoms with Crippen molar-refractivity contribution in [2.75, 3.05) is 29.9 Å². The van der Waals surface area contributed by atoms with Crippen molar-refractivity contribution < 1.29 is 14.4 Å². The highest BCUT2D eigenvalue weighted by atomic mass is 79.9. The summed E-state index contributed by atoms with van der Waals surface area (Å²) in [6, 6.07) is 13.1. The second-order valence-corrected chi connectivity index (χ2v) is 9.78. The predicted octanol–water partition coefficient (Wildman–Crippen LogP) is 4.64. The lowest BCUT2D eigenvalue weighted by Crippen LogP contribution is -2.44. The number of carbonyl (C=O) groups is 3. The number of rotatable bonds is 4. The van der Waals surface area contributed by atoms with Gasteiger partial charge < -0.3 is 15.1 Å². The van der Waals surface area contributed by atoms with Gasteiger partial charge in [-0.15, -0.1) is 0 Å². The molecule has 3 amide bonds. The van der Waals surface area contributed by atoms with Crippen LogP contribution in [0.4, 0.5) is 11.4 Å². The Morgan fingerprint density at radius 3 is 2.41 bits per heavy atom. The molecule has 168 valence electrons. The highest BCUT2D eigenvalue weighted by molar-refractivity contribution is 9.10. The molecule has 0 aliphatic carbocycles. The minimum Gasteiger partial charge on any atom is -0.342 e. The summed E-state index contributed by atoms with van der Waals surface area (Å²) in [7, 11) is 0. The van der Waals surface area contributed by atoms with Crippen LogP contribution in [0.5, 0.6) is 0 Å². The van der Waals surface area contributed by atoms with Crippen molar-refractivity contribution >= 4 is 56.6 Å². The standard InChI is InChI=1S/C24H25BrClN3O3/c1-15-2-5-19(6-3-15)29-14-17(12-22(29)30)24(32)28-10-8-16(9-11-28)23(31)27-21-7-4-18(25)13-20(21)26/h2-7,13,16-17H,8-12,14H2,1H3,(H,27,31). The first-order valence-corrected chi connectivity index (χ1v) is 11.9. The van der Waals surface area contributed by atoms with Crippen LogP contribution in [0.15, 0.2) is 46.9 Å². The number of nitrogens with one attached hydrogen (secondary N) is 1. The summed E-state index contributed by atoms with van der Waals surface area (Å²) in [5.74, 6) is -0.609. The fourth-order valence-corrected chi connectivity index (χ4v) is 5.01. The fraction of sp³-hybridized carbons (Fsp3) is 0.375. The highest BCUT2D eigenvalue weighted by Crippen LogP contribution is 2.30. The third-order valence-corrected chi connectivity index (χ3v) is 6.99. The van der Waals surface area contributed by atoms with Crippen molar-refractivity contribution in [1.29, 1.82) is 0 Å². The predicted molar refractivity (Wildman–Crippen MR) is 129 cm³/mol. The molecular formula is C24H25BrClN3O3. The van der Waals surface area contributed by atoms with E-state index in [-0.39, 0.29) is 36.0 Å². The molecule has 2 saturated heterocycles. The molecule has 0 bridgehead atoms. The third kappa shape index (κ3) is 4.99. The molecule has 2 aliphatic rings. The summed E-state index contributed by atoms with van der Waals surface area (Å²) >= 11 is 9.55. The number of nitrogens with zero attached hydrogens (tertiary/aromatic N) is 2. The highest BCUT2D eigenvalue weighted by Gasteiger charge is 2.38. The van der Waals surface area contributed by atoms with Crippen LogP contribution < -0.4 is 10.2 Å². The van der Waals surface area contributed by atoms with Gasteiger partial charge in [-0.05, 0) is 50.1 Å². The van der Waals surface area contributed by atoms with Crippen LogP contribution in [0.3, 0.4) is 0 Å². The minimum atomic E-state index is -0.337. The van der Waals surface area contributed by atoms with E-state index in [0.717, 1.165) is 15.7 Å². The summed E-state index contributed by atoms with van der Waals surface area (Å²) in [5, 5.41) is 3.37. The van der Waals surface area contributed by atoms with E-state index in [1.807, 2.05) is 37.3 Å². The molecule has 1 N–H and O–H groups in total. The first-order valence-electron chi connectivity index (χ1n) is 10.7. The van der Waals surface area contributed by atoms with Gasteiger partial charge in [-0.25, -0.2) is 0 Å². The Labute approximate surface area is 201 Å². The number of carbonyl (C=O) groups excluding carboxylic acids is 3. The Hall–Kier alpha value is -2.38. The molecule has 1 atom stereocenters. The van der Waals surface area contributed by atoms with Crippen molar-refractivity contribution in [2.24, 2.45) is 11.8 Å². The van der Waals surface area contributed by atoms with E-state index in [4.69, 9.17) is 11.6 Å². The molecule has 2 fully saturated rings. The molecule has 6 nitrogen and oxygen atoms in total. The SMILES string of the molecule is Cc1ccc(N2CC(C(=O)N3CCC(C(=O)Nc4ccc(Br)cc4Cl)CC3)CC2=O)cc1. The van der Waals surface area contributed by atoms with Crippen molar-refractivity contribution in [2.45, 2.75) is 26.2 Å². The van der Waals surface area contributed by atoms with Crippen LogP contribution in [0.25, 0.3) is 0 Å². The van der Waals surface area contributed by atoms with Crippen molar-refractivity contribution in [3.8, 4) is 0 Å². The van der Waals surface area contributed by atoms with E-state index >= 15 is 0 Å². The number of piperidine rings is 1. The third-order valence-electron chi connectivity index (χ3n) is 6.19. The zero-order valence-electron chi connectivity index (χ0n) is 17.8. The summed E-state index contributed by atoms with van der Waals surface area (Å²) in [6.07, 6.45) is 1.41. The second-order valence-electron chi connectivity index (χ2n) is 8.45. The second kappa shape index (κ2) is 9.63. The molecule has 8 heteroatoms. The van der Waals surface area contributed by atoms with E-state index in [0.29, 0.717) is 43.2 Å². The van der Waals surface area contributed by atoms with Crippen molar-refractivity contribution in [3.05, 3.63) is 57.5 Å². The van der Waals surface area contributed by atoms with E-state index in [1.54, 1.807) is 21.9 Å². The Morgan fingerprint density at radius 1 is 1.06 bits per heavy atom. The van der Waals surface area contributed by atoms with Crippen LogP contribution >= 0.6 is 27.5 Å². The Morgan fingerprint density at radius 2 is 1.75 bits per heavy atom. The van der Waals surface area contributed by atoms with Gasteiger partial charge in [-0.2, -0.15) is 0 Å². The lowest BCUT2D eigenvalue weighted by molar-refractivity contribution is -0.138. The molecule has 0 spiro atoms. The van der Waals surface area contributed by atoms with Gasteiger partial charge in [0.15, 0.2) is 0 Å². The molecule has 2 aliphatic heterocycles. The molecule has 32 heavy (non-hydrogen) atoms. The lowest BCUT2D eigenvalue weighted by Gasteiger charge is -2.33. The van der Waals surface area contributed by atoms with E-state index in [1.165, 1.54) is 0 Å². The number of likely N-dealkylation sites (tertiary alicyclic amines) is 1. The van der Waals surface area contributed by atoms with Gasteiger partial charge in [0, 0.05) is 42.1 Å². The van der Waals surface area contributed by atoms with Gasteiger partial charge in [0.25, 0.3) is 0 Å². The molecule has 1 unspecified atom stereocenters. The zero-order chi connectivity index (χ0) is 22.8. The number of hydrogen-bond donors (Lipinski definition) is 1. The number of amides is 3. The van der Waals surface area contributed by atoms with Gasteiger partial charge in [-0.3, -0.25) is 14.4 Å². The molecule has 0 radical (unpaired) electrons. The number of halogens is 2. The quantitative estimate of drug-likeness (QED) is 0.641. The molecule has 2 aromatic carbocycles. The Balaban J connectivity index is 1.31. The Kier molecular flexibility index (Phi) is 6.86. The zero-order valence-corrected chi connectivity index (χ0v) is 20.2. The molecule has 2 heterocycles. The average Bonchev–Trinajstić information content (AvgIpc) is 3.17. The smallest absolute Gasteiger partial charge is 0.228 e. The van der Waals surface area contributed by atoms with Crippen LogP contribution in [0.1, 0.15) is 24.8 Å². The van der Waals surface area contributed by atoms with E-state index in [2.05, 4.69) is 21.2 Å². The molecule has 2 aromatic rings. The number of aryl methyl sites for hydroxylation is 1. The average molecular weight is 519 g/mol. The number of benzene rings is 2. The normalized spacial score (nSPS) is 19.3. The van der Waals surface area contributed by atoms with Crippen LogP contribution in [0, 0.1) is 18.8 Å². The van der Waals surface area contributed by atoms with Crippen LogP contribution in [0.2, 0.25) is 5.02 Å². The van der Waals surface area contributed by atoms with Gasteiger partial charge in [0.2, 0.25) is 17.7 Å². The summed E-state index contributed by atoms with van der Waals surface area (Å²) in [5.41, 5.74) is 2.54. The molecular weight excluding hydrogens is 494 g/mol. The topological polar surface area (TPSA) is 69.7 Å². The van der Waals surface area contributed by atoms with Crippen LogP contribution in [-0.2, 0) is 14.4 Å². The van der Waals surface area contributed by atoms with Gasteiger partial charge >= 0.3 is 0 Å². The summed E-state index contributed by atoms with van der Waals surface area (Å²) in [6.45, 7) is 3.43. The van der Waals surface area contributed by atoms with Gasteiger partial charge in [-0.1, -0.05) is 45.2 Å². The molecule has 4 rings (SSSR count). The molecule has 0 aromatic heterocycles. The van der Waals surface area contributed by atoms with Gasteiger partial charge in [0.05, 0.1) is 16.6 Å². The first kappa shape index (κ1) is 22.8. The Bertz CT molecular complexity index is 1040. The number of hydrogen-bond acceptors (Lipinski definition) is 3. The summed E-state index contributed by atoms with van der Waals surface area (Å²) < 4.78 is 0.846. The van der Waals surface area contributed by atoms with E-state index in [9.17, 15) is 14.4 Å². The monoisotopic (exact) mass is 517 g/mol. The minimum absolute atomic E-state index is 0.00257. The maximum atomic E-state index is 13.0. The summed E-state index contributed by atoms with van der Waals surface area (Å²) in [4.78, 5) is 41.7. The van der Waals surface area contributed by atoms with Crippen molar-refractivity contribution in [3.63, 3.8) is 0 Å². The van der Waals surface area contributed by atoms with Crippen LogP contribution in [-0.4, -0.2) is 42.3 Å². The van der Waals surface area contributed by atoms with E-state index < -0.39 is 0 Å². The lowest BCUT2D eigenvalue weighted by atomic mass is 9.94. The number of anilines is 2. The van der Waals surface area contributed by atoms with Crippen molar-refractivity contribution in [1.82, 2.24) is 4.90 Å².